The highest BCUT2D eigenvalue weighted by molar-refractivity contribution is 6.27. The smallest absolute Gasteiger partial charge is 0.441 e. The molecule has 0 unspecified atom stereocenters. The van der Waals surface area contributed by atoms with E-state index in [1.807, 2.05) is 0 Å². The summed E-state index contributed by atoms with van der Waals surface area (Å²) in [5, 5.41) is 3.10. The molecule has 0 heterocycles. The lowest BCUT2D eigenvalue weighted by Gasteiger charge is -2.35. The summed E-state index contributed by atoms with van der Waals surface area (Å²) in [6.07, 6.45) is -10.1. The molecule has 1 amide bonds. The summed E-state index contributed by atoms with van der Waals surface area (Å²) in [7, 11) is 0. The van der Waals surface area contributed by atoms with Crippen LogP contribution in [0.15, 0.2) is 24.3 Å². The molecule has 1 rings (SSSR count). The maximum Gasteiger partial charge on any atom is 0.441 e. The standard InChI is InChI=1S/C14H13ClF6N2O3/c1-2-26-11(25)12(14(19,20)21,23-10(24)7-15)22-9-5-3-8(4-6-9)13(16,17)18/h3-6,22H,2,7H2,1H3,(H,23,24)/t12-/m0/s1. The van der Waals surface area contributed by atoms with Crippen molar-refractivity contribution in [1.82, 2.24) is 5.32 Å². The first-order chi connectivity index (χ1) is 11.9. The van der Waals surface area contributed by atoms with E-state index in [1.165, 1.54) is 12.2 Å². The van der Waals surface area contributed by atoms with E-state index in [0.29, 0.717) is 24.3 Å². The van der Waals surface area contributed by atoms with E-state index in [4.69, 9.17) is 11.6 Å². The second kappa shape index (κ2) is 8.02. The third kappa shape index (κ3) is 4.93. The number of amides is 1. The second-order valence-electron chi connectivity index (χ2n) is 4.85. The topological polar surface area (TPSA) is 67.4 Å². The minimum atomic E-state index is -5.40. The van der Waals surface area contributed by atoms with Crippen molar-refractivity contribution in [3.63, 3.8) is 0 Å². The third-order valence-corrected chi connectivity index (χ3v) is 3.24. The average Bonchev–Trinajstić information content (AvgIpc) is 2.52. The van der Waals surface area contributed by atoms with Gasteiger partial charge in [0, 0.05) is 5.69 Å². The number of halogens is 7. The van der Waals surface area contributed by atoms with E-state index >= 15 is 0 Å². The van der Waals surface area contributed by atoms with Gasteiger partial charge in [-0.3, -0.25) is 4.79 Å². The first kappa shape index (κ1) is 21.9. The highest BCUT2D eigenvalue weighted by Crippen LogP contribution is 2.35. The van der Waals surface area contributed by atoms with Gasteiger partial charge in [0.05, 0.1) is 12.2 Å². The highest BCUT2D eigenvalue weighted by atomic mass is 35.5. The lowest BCUT2D eigenvalue weighted by molar-refractivity contribution is -0.207. The zero-order valence-electron chi connectivity index (χ0n) is 13.1. The maximum absolute atomic E-state index is 13.6. The molecule has 0 saturated heterocycles. The molecule has 0 radical (unpaired) electrons. The molecule has 0 spiro atoms. The van der Waals surface area contributed by atoms with Crippen LogP contribution in [0, 0.1) is 0 Å². The van der Waals surface area contributed by atoms with Gasteiger partial charge in [-0.05, 0) is 31.2 Å². The largest absolute Gasteiger partial charge is 0.463 e. The van der Waals surface area contributed by atoms with Crippen molar-refractivity contribution in [2.45, 2.75) is 24.9 Å². The Morgan fingerprint density at radius 1 is 1.08 bits per heavy atom. The van der Waals surface area contributed by atoms with Gasteiger partial charge in [0.15, 0.2) is 0 Å². The number of carbonyl (C=O) groups is 2. The van der Waals surface area contributed by atoms with Gasteiger partial charge in [-0.1, -0.05) is 0 Å². The van der Waals surface area contributed by atoms with Crippen molar-refractivity contribution >= 4 is 29.2 Å². The van der Waals surface area contributed by atoms with Gasteiger partial charge in [-0.15, -0.1) is 11.6 Å². The van der Waals surface area contributed by atoms with Crippen LogP contribution in [-0.2, 0) is 20.5 Å². The molecule has 0 aromatic heterocycles. The fourth-order valence-corrected chi connectivity index (χ4v) is 1.90. The number of nitrogens with one attached hydrogen (secondary N) is 2. The molecule has 0 fully saturated rings. The monoisotopic (exact) mass is 406 g/mol. The minimum absolute atomic E-state index is 0.442. The number of alkyl halides is 7. The first-order valence-corrected chi connectivity index (χ1v) is 7.47. The quantitative estimate of drug-likeness (QED) is 0.329. The van der Waals surface area contributed by atoms with Gasteiger partial charge in [0.1, 0.15) is 5.88 Å². The van der Waals surface area contributed by atoms with Crippen molar-refractivity contribution in [2.24, 2.45) is 0 Å². The molecule has 146 valence electrons. The van der Waals surface area contributed by atoms with Crippen molar-refractivity contribution in [3.05, 3.63) is 29.8 Å². The molecular weight excluding hydrogens is 394 g/mol. The summed E-state index contributed by atoms with van der Waals surface area (Å²) in [6.45, 7) is 0.794. The lowest BCUT2D eigenvalue weighted by atomic mass is 10.1. The summed E-state index contributed by atoms with van der Waals surface area (Å²) < 4.78 is 82.8. The molecule has 26 heavy (non-hydrogen) atoms. The van der Waals surface area contributed by atoms with Crippen molar-refractivity contribution < 1.29 is 40.7 Å². The maximum atomic E-state index is 13.6. The average molecular weight is 407 g/mol. The second-order valence-corrected chi connectivity index (χ2v) is 5.12. The van der Waals surface area contributed by atoms with Gasteiger partial charge in [-0.25, -0.2) is 4.79 Å². The van der Waals surface area contributed by atoms with Gasteiger partial charge < -0.3 is 15.4 Å². The summed E-state index contributed by atoms with van der Waals surface area (Å²) in [6, 6.07) is 2.38. The van der Waals surface area contributed by atoms with Gasteiger partial charge in [0.25, 0.3) is 0 Å². The Morgan fingerprint density at radius 2 is 1.62 bits per heavy atom. The predicted molar refractivity (Wildman–Crippen MR) is 79.3 cm³/mol. The molecular formula is C14H13ClF6N2O3. The normalized spacial score (nSPS) is 14.3. The molecule has 1 aromatic carbocycles. The van der Waals surface area contributed by atoms with E-state index < -0.39 is 53.6 Å². The molecule has 1 aromatic rings. The molecule has 0 saturated carbocycles. The van der Waals surface area contributed by atoms with Crippen molar-refractivity contribution in [2.75, 3.05) is 17.8 Å². The fraction of sp³-hybridized carbons (Fsp3) is 0.429. The van der Waals surface area contributed by atoms with Crippen molar-refractivity contribution in [1.29, 1.82) is 0 Å². The summed E-state index contributed by atoms with van der Waals surface area (Å²) in [4.78, 5) is 23.4. The van der Waals surface area contributed by atoms with E-state index in [-0.39, 0.29) is 0 Å². The Morgan fingerprint density at radius 3 is 2.00 bits per heavy atom. The SMILES string of the molecule is CCOC(=O)[C@@](NC(=O)CCl)(Nc1ccc(C(F)(F)F)cc1)C(F)(F)F. The number of hydrogen-bond donors (Lipinski definition) is 2. The molecule has 0 aliphatic heterocycles. The highest BCUT2D eigenvalue weighted by Gasteiger charge is 2.63. The Labute approximate surface area is 148 Å². The van der Waals surface area contributed by atoms with E-state index in [1.54, 1.807) is 5.32 Å². The number of hydrogen-bond acceptors (Lipinski definition) is 4. The van der Waals surface area contributed by atoms with Crippen LogP contribution >= 0.6 is 11.6 Å². The van der Waals surface area contributed by atoms with Crippen LogP contribution in [0.4, 0.5) is 32.0 Å². The van der Waals surface area contributed by atoms with E-state index in [2.05, 4.69) is 4.74 Å². The van der Waals surface area contributed by atoms with Crippen LogP contribution in [-0.4, -0.2) is 36.2 Å². The van der Waals surface area contributed by atoms with E-state index in [0.717, 1.165) is 0 Å². The number of benzene rings is 1. The molecule has 2 N–H and O–H groups in total. The summed E-state index contributed by atoms with van der Waals surface area (Å²) in [5.41, 5.74) is -5.35. The molecule has 5 nitrogen and oxygen atoms in total. The molecule has 0 aliphatic carbocycles. The summed E-state index contributed by atoms with van der Waals surface area (Å²) in [5.74, 6) is -4.14. The zero-order valence-corrected chi connectivity index (χ0v) is 13.9. The number of ether oxygens (including phenoxy) is 1. The van der Waals surface area contributed by atoms with Crippen LogP contribution in [0.1, 0.15) is 12.5 Å². The molecule has 0 aliphatic rings. The molecule has 1 atom stereocenters. The Balaban J connectivity index is 3.34. The number of anilines is 1. The van der Waals surface area contributed by atoms with Crippen LogP contribution in [0.5, 0.6) is 0 Å². The lowest BCUT2D eigenvalue weighted by Crippen LogP contribution is -2.69. The van der Waals surface area contributed by atoms with Gasteiger partial charge in [0.2, 0.25) is 5.91 Å². The Hall–Kier alpha value is -2.17. The molecule has 12 heteroatoms. The number of carbonyl (C=O) groups excluding carboxylic acids is 2. The van der Waals surface area contributed by atoms with Crippen LogP contribution < -0.4 is 10.6 Å². The molecule has 0 bridgehead atoms. The number of rotatable bonds is 6. The van der Waals surface area contributed by atoms with Crippen LogP contribution in [0.25, 0.3) is 0 Å². The Bertz CT molecular complexity index is 648. The fourth-order valence-electron chi connectivity index (χ4n) is 1.83. The summed E-state index contributed by atoms with van der Waals surface area (Å²) >= 11 is 5.18. The third-order valence-electron chi connectivity index (χ3n) is 3.00. The van der Waals surface area contributed by atoms with Crippen LogP contribution in [0.2, 0.25) is 0 Å². The van der Waals surface area contributed by atoms with Crippen LogP contribution in [0.3, 0.4) is 0 Å². The van der Waals surface area contributed by atoms with Crippen molar-refractivity contribution in [3.8, 4) is 0 Å². The van der Waals surface area contributed by atoms with E-state index in [9.17, 15) is 35.9 Å². The first-order valence-electron chi connectivity index (χ1n) is 6.93. The van der Waals surface area contributed by atoms with Gasteiger partial charge >= 0.3 is 24.0 Å². The minimum Gasteiger partial charge on any atom is -0.463 e. The number of esters is 1. The Kier molecular flexibility index (Phi) is 6.75. The zero-order chi connectivity index (χ0) is 20.2. The van der Waals surface area contributed by atoms with Gasteiger partial charge in [-0.2, -0.15) is 26.3 Å². The predicted octanol–water partition coefficient (Wildman–Crippen LogP) is 3.29.